The van der Waals surface area contributed by atoms with E-state index in [0.29, 0.717) is 24.0 Å². The quantitative estimate of drug-likeness (QED) is 0.773. The second-order valence-electron chi connectivity index (χ2n) is 6.02. The summed E-state index contributed by atoms with van der Waals surface area (Å²) in [6.07, 6.45) is -2.28. The van der Waals surface area contributed by atoms with E-state index < -0.39 is 11.7 Å². The van der Waals surface area contributed by atoms with Gasteiger partial charge in [-0.1, -0.05) is 11.6 Å². The van der Waals surface area contributed by atoms with Crippen molar-refractivity contribution in [3.63, 3.8) is 0 Å². The molecule has 1 aromatic carbocycles. The predicted molar refractivity (Wildman–Crippen MR) is 94.0 cm³/mol. The first-order valence-corrected chi connectivity index (χ1v) is 8.54. The van der Waals surface area contributed by atoms with E-state index in [2.05, 4.69) is 20.6 Å². The lowest BCUT2D eigenvalue weighted by molar-refractivity contribution is -0.137. The van der Waals surface area contributed by atoms with Crippen LogP contribution in [0, 0.1) is 6.92 Å². The third kappa shape index (κ3) is 4.76. The van der Waals surface area contributed by atoms with Gasteiger partial charge in [-0.3, -0.25) is 0 Å². The van der Waals surface area contributed by atoms with Gasteiger partial charge in [-0.15, -0.1) is 0 Å². The molecular weight excluding hydrogens is 369 g/mol. The summed E-state index contributed by atoms with van der Waals surface area (Å²) >= 11 is 6.02. The molecule has 5 nitrogen and oxygen atoms in total. The highest BCUT2D eigenvalue weighted by Crippen LogP contribution is 2.34. The molecule has 2 aromatic rings. The van der Waals surface area contributed by atoms with E-state index in [1.807, 2.05) is 0 Å². The molecule has 140 valence electrons. The van der Waals surface area contributed by atoms with Gasteiger partial charge in [0, 0.05) is 19.2 Å². The molecule has 0 spiro atoms. The van der Waals surface area contributed by atoms with Gasteiger partial charge in [0.25, 0.3) is 0 Å². The number of halogens is 4. The highest BCUT2D eigenvalue weighted by molar-refractivity contribution is 6.33. The molecule has 2 heterocycles. The Morgan fingerprint density at radius 3 is 2.69 bits per heavy atom. The number of aryl methyl sites for hydroxylation is 1. The third-order valence-electron chi connectivity index (χ3n) is 3.93. The van der Waals surface area contributed by atoms with Crippen LogP contribution < -0.4 is 10.6 Å². The van der Waals surface area contributed by atoms with E-state index >= 15 is 0 Å². The van der Waals surface area contributed by atoms with Crippen molar-refractivity contribution < 1.29 is 17.9 Å². The average molecular weight is 387 g/mol. The first kappa shape index (κ1) is 18.7. The molecule has 0 bridgehead atoms. The summed E-state index contributed by atoms with van der Waals surface area (Å²) < 4.78 is 44.2. The van der Waals surface area contributed by atoms with Crippen molar-refractivity contribution in [3.8, 4) is 0 Å². The second-order valence-corrected chi connectivity index (χ2v) is 6.43. The van der Waals surface area contributed by atoms with E-state index in [9.17, 15) is 13.2 Å². The fraction of sp³-hybridized carbons (Fsp3) is 0.412. The van der Waals surface area contributed by atoms with Crippen molar-refractivity contribution in [1.82, 2.24) is 9.97 Å². The van der Waals surface area contributed by atoms with Crippen molar-refractivity contribution in [2.24, 2.45) is 0 Å². The summed E-state index contributed by atoms with van der Waals surface area (Å²) in [4.78, 5) is 8.49. The summed E-state index contributed by atoms with van der Waals surface area (Å²) in [7, 11) is 0. The lowest BCUT2D eigenvalue weighted by atomic mass is 10.2. The van der Waals surface area contributed by atoms with Crippen molar-refractivity contribution in [3.05, 3.63) is 40.7 Å². The number of benzene rings is 1. The second kappa shape index (κ2) is 7.67. The number of aromatic nitrogens is 2. The normalized spacial score (nSPS) is 17.3. The standard InChI is InChI=1S/C17H18ClF3N4O/c1-10-23-15(22-9-12-3-2-6-26-12)8-16(24-10)25-14-7-11(17(19,20)21)4-5-13(14)18/h4-5,7-8,12H,2-3,6,9H2,1H3,(H2,22,23,24,25). The number of ether oxygens (including phenoxy) is 1. The summed E-state index contributed by atoms with van der Waals surface area (Å²) in [6.45, 7) is 3.08. The minimum absolute atomic E-state index is 0.129. The van der Waals surface area contributed by atoms with Crippen LogP contribution in [0.4, 0.5) is 30.5 Å². The van der Waals surface area contributed by atoms with Crippen molar-refractivity contribution in [2.75, 3.05) is 23.8 Å². The van der Waals surface area contributed by atoms with E-state index in [1.165, 1.54) is 6.07 Å². The van der Waals surface area contributed by atoms with Crippen LogP contribution in [0.3, 0.4) is 0 Å². The third-order valence-corrected chi connectivity index (χ3v) is 4.26. The summed E-state index contributed by atoms with van der Waals surface area (Å²) in [6, 6.07) is 4.72. The Bertz CT molecular complexity index is 779. The molecule has 1 aromatic heterocycles. The maximum atomic E-state index is 12.9. The molecule has 1 fully saturated rings. The lowest BCUT2D eigenvalue weighted by Crippen LogP contribution is -2.19. The Morgan fingerprint density at radius 2 is 2.00 bits per heavy atom. The number of hydrogen-bond acceptors (Lipinski definition) is 5. The van der Waals surface area contributed by atoms with Crippen LogP contribution in [0.1, 0.15) is 24.2 Å². The molecule has 2 N–H and O–H groups in total. The summed E-state index contributed by atoms with van der Waals surface area (Å²) in [5.41, 5.74) is -0.656. The Labute approximate surface area is 153 Å². The Hall–Kier alpha value is -2.06. The van der Waals surface area contributed by atoms with Crippen LogP contribution >= 0.6 is 11.6 Å². The molecule has 26 heavy (non-hydrogen) atoms. The molecule has 1 aliphatic heterocycles. The number of nitrogens with one attached hydrogen (secondary N) is 2. The van der Waals surface area contributed by atoms with E-state index in [0.717, 1.165) is 31.6 Å². The van der Waals surface area contributed by atoms with Gasteiger partial charge in [-0.05, 0) is 38.0 Å². The van der Waals surface area contributed by atoms with Gasteiger partial charge in [-0.25, -0.2) is 9.97 Å². The molecule has 0 saturated carbocycles. The van der Waals surface area contributed by atoms with Crippen molar-refractivity contribution >= 4 is 28.9 Å². The molecule has 1 saturated heterocycles. The first-order chi connectivity index (χ1) is 12.3. The zero-order chi connectivity index (χ0) is 18.7. The van der Waals surface area contributed by atoms with E-state index in [1.54, 1.807) is 13.0 Å². The summed E-state index contributed by atoms with van der Waals surface area (Å²) in [5.74, 6) is 1.40. The first-order valence-electron chi connectivity index (χ1n) is 8.16. The van der Waals surface area contributed by atoms with Gasteiger partial charge < -0.3 is 15.4 Å². The molecular formula is C17H18ClF3N4O. The van der Waals surface area contributed by atoms with Crippen LogP contribution in [0.15, 0.2) is 24.3 Å². The maximum absolute atomic E-state index is 12.9. The highest BCUT2D eigenvalue weighted by Gasteiger charge is 2.31. The van der Waals surface area contributed by atoms with Crippen LogP contribution in [-0.2, 0) is 10.9 Å². The molecule has 1 aliphatic rings. The minimum atomic E-state index is -4.45. The van der Waals surface area contributed by atoms with Gasteiger partial charge in [0.15, 0.2) is 0 Å². The lowest BCUT2D eigenvalue weighted by Gasteiger charge is -2.14. The number of rotatable bonds is 5. The number of alkyl halides is 3. The van der Waals surface area contributed by atoms with Crippen molar-refractivity contribution in [1.29, 1.82) is 0 Å². The Kier molecular flexibility index (Phi) is 5.52. The monoisotopic (exact) mass is 386 g/mol. The number of hydrogen-bond donors (Lipinski definition) is 2. The van der Waals surface area contributed by atoms with Gasteiger partial charge in [0.1, 0.15) is 17.5 Å². The molecule has 1 unspecified atom stereocenters. The highest BCUT2D eigenvalue weighted by atomic mass is 35.5. The average Bonchev–Trinajstić information content (AvgIpc) is 3.07. The van der Waals surface area contributed by atoms with Crippen LogP contribution in [0.2, 0.25) is 5.02 Å². The number of anilines is 3. The SMILES string of the molecule is Cc1nc(NCC2CCCO2)cc(Nc2cc(C(F)(F)F)ccc2Cl)n1. The Balaban J connectivity index is 1.77. The maximum Gasteiger partial charge on any atom is 0.416 e. The van der Waals surface area contributed by atoms with E-state index in [4.69, 9.17) is 16.3 Å². The van der Waals surface area contributed by atoms with Gasteiger partial charge in [-0.2, -0.15) is 13.2 Å². The van der Waals surface area contributed by atoms with Crippen molar-refractivity contribution in [2.45, 2.75) is 32.0 Å². The fourth-order valence-corrected chi connectivity index (χ4v) is 2.85. The van der Waals surface area contributed by atoms with Gasteiger partial charge >= 0.3 is 6.18 Å². The minimum Gasteiger partial charge on any atom is -0.376 e. The summed E-state index contributed by atoms with van der Waals surface area (Å²) in [5, 5.41) is 6.18. The molecule has 9 heteroatoms. The molecule has 0 radical (unpaired) electrons. The smallest absolute Gasteiger partial charge is 0.376 e. The fourth-order valence-electron chi connectivity index (χ4n) is 2.68. The predicted octanol–water partition coefficient (Wildman–Crippen LogP) is 4.79. The molecule has 0 amide bonds. The zero-order valence-corrected chi connectivity index (χ0v) is 14.8. The topological polar surface area (TPSA) is 59.1 Å². The number of nitrogens with zero attached hydrogens (tertiary/aromatic N) is 2. The molecule has 0 aliphatic carbocycles. The van der Waals surface area contributed by atoms with E-state index in [-0.39, 0.29) is 16.8 Å². The van der Waals surface area contributed by atoms with Crippen LogP contribution in [0.5, 0.6) is 0 Å². The molecule has 3 rings (SSSR count). The van der Waals surface area contributed by atoms with Crippen LogP contribution in [0.25, 0.3) is 0 Å². The Morgan fingerprint density at radius 1 is 1.23 bits per heavy atom. The van der Waals surface area contributed by atoms with Crippen LogP contribution in [-0.4, -0.2) is 29.2 Å². The molecule has 1 atom stereocenters. The zero-order valence-electron chi connectivity index (χ0n) is 14.0. The largest absolute Gasteiger partial charge is 0.416 e. The van der Waals surface area contributed by atoms with Gasteiger partial charge in [0.2, 0.25) is 0 Å². The van der Waals surface area contributed by atoms with Gasteiger partial charge in [0.05, 0.1) is 22.4 Å².